The van der Waals surface area contributed by atoms with Crippen molar-refractivity contribution in [3.8, 4) is 5.75 Å². The van der Waals surface area contributed by atoms with E-state index in [1.807, 2.05) is 42.5 Å². The van der Waals surface area contributed by atoms with Crippen LogP contribution in [0.5, 0.6) is 5.75 Å². The van der Waals surface area contributed by atoms with Gasteiger partial charge in [-0.3, -0.25) is 4.98 Å². The van der Waals surface area contributed by atoms with Crippen LogP contribution in [0.2, 0.25) is 0 Å². The summed E-state index contributed by atoms with van der Waals surface area (Å²) in [6.45, 7) is 2.07. The molecule has 19 heavy (non-hydrogen) atoms. The molecular formula is C15H18N2O2. The predicted octanol–water partition coefficient (Wildman–Crippen LogP) is 2.14. The molecule has 0 fully saturated rings. The van der Waals surface area contributed by atoms with E-state index >= 15 is 0 Å². The van der Waals surface area contributed by atoms with Gasteiger partial charge >= 0.3 is 0 Å². The van der Waals surface area contributed by atoms with Crippen LogP contribution in [0.25, 0.3) is 0 Å². The highest BCUT2D eigenvalue weighted by atomic mass is 16.5. The largest absolute Gasteiger partial charge is 0.491 e. The SMILES string of the molecule is NCc1ccc(COCCOc2ccccc2)nc1. The van der Waals surface area contributed by atoms with Crippen LogP contribution in [0.15, 0.2) is 48.7 Å². The van der Waals surface area contributed by atoms with E-state index in [0.717, 1.165) is 17.0 Å². The summed E-state index contributed by atoms with van der Waals surface area (Å²) < 4.78 is 11.0. The van der Waals surface area contributed by atoms with Crippen molar-refractivity contribution in [2.75, 3.05) is 13.2 Å². The molecule has 0 saturated heterocycles. The fourth-order valence-corrected chi connectivity index (χ4v) is 1.57. The van der Waals surface area contributed by atoms with E-state index < -0.39 is 0 Å². The summed E-state index contributed by atoms with van der Waals surface area (Å²) >= 11 is 0. The van der Waals surface area contributed by atoms with Crippen LogP contribution in [0.3, 0.4) is 0 Å². The van der Waals surface area contributed by atoms with E-state index in [1.54, 1.807) is 6.20 Å². The number of hydrogen-bond donors (Lipinski definition) is 1. The molecule has 4 nitrogen and oxygen atoms in total. The average molecular weight is 258 g/mol. The Morgan fingerprint density at radius 1 is 1.00 bits per heavy atom. The maximum Gasteiger partial charge on any atom is 0.119 e. The lowest BCUT2D eigenvalue weighted by molar-refractivity contribution is 0.0869. The first-order valence-corrected chi connectivity index (χ1v) is 6.28. The molecule has 2 N–H and O–H groups in total. The summed E-state index contributed by atoms with van der Waals surface area (Å²) in [5.41, 5.74) is 7.43. The number of nitrogens with zero attached hydrogens (tertiary/aromatic N) is 1. The molecule has 0 bridgehead atoms. The monoisotopic (exact) mass is 258 g/mol. The van der Waals surface area contributed by atoms with Crippen molar-refractivity contribution in [3.63, 3.8) is 0 Å². The van der Waals surface area contributed by atoms with Crippen molar-refractivity contribution in [2.45, 2.75) is 13.2 Å². The third kappa shape index (κ3) is 4.69. The Labute approximate surface area is 113 Å². The molecule has 0 atom stereocenters. The number of rotatable bonds is 7. The van der Waals surface area contributed by atoms with Crippen molar-refractivity contribution in [2.24, 2.45) is 5.73 Å². The second kappa shape index (κ2) is 7.51. The van der Waals surface area contributed by atoms with Crippen molar-refractivity contribution < 1.29 is 9.47 Å². The minimum absolute atomic E-state index is 0.489. The highest BCUT2D eigenvalue weighted by Crippen LogP contribution is 2.07. The summed E-state index contributed by atoms with van der Waals surface area (Å²) in [6.07, 6.45) is 1.78. The Morgan fingerprint density at radius 3 is 2.53 bits per heavy atom. The molecule has 0 saturated carbocycles. The van der Waals surface area contributed by atoms with E-state index in [2.05, 4.69) is 4.98 Å². The van der Waals surface area contributed by atoms with Crippen molar-refractivity contribution in [3.05, 3.63) is 59.9 Å². The van der Waals surface area contributed by atoms with Crippen LogP contribution < -0.4 is 10.5 Å². The second-order valence-electron chi connectivity index (χ2n) is 4.08. The third-order valence-corrected chi connectivity index (χ3v) is 2.61. The van der Waals surface area contributed by atoms with Gasteiger partial charge < -0.3 is 15.2 Å². The lowest BCUT2D eigenvalue weighted by Gasteiger charge is -2.07. The van der Waals surface area contributed by atoms with Gasteiger partial charge in [0.05, 0.1) is 18.9 Å². The number of ether oxygens (including phenoxy) is 2. The summed E-state index contributed by atoms with van der Waals surface area (Å²) in [4.78, 5) is 4.26. The molecule has 0 spiro atoms. The Kier molecular flexibility index (Phi) is 5.34. The van der Waals surface area contributed by atoms with Gasteiger partial charge in [0, 0.05) is 12.7 Å². The molecule has 1 heterocycles. The number of para-hydroxylation sites is 1. The van der Waals surface area contributed by atoms with Gasteiger partial charge in [-0.1, -0.05) is 24.3 Å². The van der Waals surface area contributed by atoms with Crippen LogP contribution in [0.1, 0.15) is 11.3 Å². The standard InChI is InChI=1S/C15H18N2O2/c16-10-13-6-7-14(17-11-13)12-18-8-9-19-15-4-2-1-3-5-15/h1-7,11H,8-10,12,16H2. The summed E-state index contributed by atoms with van der Waals surface area (Å²) in [7, 11) is 0. The molecule has 1 aromatic heterocycles. The van der Waals surface area contributed by atoms with Crippen LogP contribution >= 0.6 is 0 Å². The molecule has 4 heteroatoms. The highest BCUT2D eigenvalue weighted by Gasteiger charge is 1.96. The zero-order valence-electron chi connectivity index (χ0n) is 10.8. The van der Waals surface area contributed by atoms with E-state index in [1.165, 1.54) is 0 Å². The molecule has 2 rings (SSSR count). The van der Waals surface area contributed by atoms with E-state index in [0.29, 0.717) is 26.4 Å². The fraction of sp³-hybridized carbons (Fsp3) is 0.267. The van der Waals surface area contributed by atoms with E-state index in [4.69, 9.17) is 15.2 Å². The zero-order valence-corrected chi connectivity index (χ0v) is 10.8. The van der Waals surface area contributed by atoms with Gasteiger partial charge in [0.25, 0.3) is 0 Å². The Hall–Kier alpha value is -1.91. The van der Waals surface area contributed by atoms with Gasteiger partial charge in [0.15, 0.2) is 0 Å². The molecule has 1 aromatic carbocycles. The fourth-order valence-electron chi connectivity index (χ4n) is 1.57. The van der Waals surface area contributed by atoms with Crippen LogP contribution in [0, 0.1) is 0 Å². The van der Waals surface area contributed by atoms with E-state index in [-0.39, 0.29) is 0 Å². The molecule has 0 radical (unpaired) electrons. The number of pyridine rings is 1. The predicted molar refractivity (Wildman–Crippen MR) is 73.7 cm³/mol. The molecule has 100 valence electrons. The third-order valence-electron chi connectivity index (χ3n) is 2.61. The van der Waals surface area contributed by atoms with Gasteiger partial charge in [-0.05, 0) is 23.8 Å². The maximum atomic E-state index is 5.52. The second-order valence-corrected chi connectivity index (χ2v) is 4.08. The minimum atomic E-state index is 0.489. The maximum absolute atomic E-state index is 5.52. The van der Waals surface area contributed by atoms with Crippen molar-refractivity contribution >= 4 is 0 Å². The Balaban J connectivity index is 1.63. The molecule has 0 amide bonds. The van der Waals surface area contributed by atoms with Crippen LogP contribution in [-0.4, -0.2) is 18.2 Å². The Bertz CT molecular complexity index is 471. The first-order valence-electron chi connectivity index (χ1n) is 6.28. The Morgan fingerprint density at radius 2 is 1.84 bits per heavy atom. The van der Waals surface area contributed by atoms with Gasteiger partial charge in [-0.25, -0.2) is 0 Å². The number of aromatic nitrogens is 1. The van der Waals surface area contributed by atoms with Crippen LogP contribution in [0.4, 0.5) is 0 Å². The number of nitrogens with two attached hydrogens (primary N) is 1. The first-order chi connectivity index (χ1) is 9.38. The van der Waals surface area contributed by atoms with Crippen LogP contribution in [-0.2, 0) is 17.9 Å². The van der Waals surface area contributed by atoms with E-state index in [9.17, 15) is 0 Å². The minimum Gasteiger partial charge on any atom is -0.491 e. The zero-order chi connectivity index (χ0) is 13.3. The quantitative estimate of drug-likeness (QED) is 0.773. The normalized spacial score (nSPS) is 10.4. The highest BCUT2D eigenvalue weighted by molar-refractivity contribution is 5.20. The van der Waals surface area contributed by atoms with Crippen molar-refractivity contribution in [1.82, 2.24) is 4.98 Å². The van der Waals surface area contributed by atoms with Gasteiger partial charge in [-0.2, -0.15) is 0 Å². The molecule has 0 aliphatic heterocycles. The lowest BCUT2D eigenvalue weighted by atomic mass is 10.2. The van der Waals surface area contributed by atoms with Gasteiger partial charge in [0.2, 0.25) is 0 Å². The molecule has 0 aliphatic carbocycles. The lowest BCUT2D eigenvalue weighted by Crippen LogP contribution is -2.07. The summed E-state index contributed by atoms with van der Waals surface area (Å²) in [5, 5.41) is 0. The smallest absolute Gasteiger partial charge is 0.119 e. The van der Waals surface area contributed by atoms with Gasteiger partial charge in [0.1, 0.15) is 12.4 Å². The summed E-state index contributed by atoms with van der Waals surface area (Å²) in [5.74, 6) is 0.858. The molecular weight excluding hydrogens is 240 g/mol. The number of benzene rings is 1. The topological polar surface area (TPSA) is 57.4 Å². The van der Waals surface area contributed by atoms with Crippen molar-refractivity contribution in [1.29, 1.82) is 0 Å². The van der Waals surface area contributed by atoms with Gasteiger partial charge in [-0.15, -0.1) is 0 Å². The number of hydrogen-bond acceptors (Lipinski definition) is 4. The molecule has 2 aromatic rings. The molecule has 0 aliphatic rings. The summed E-state index contributed by atoms with van der Waals surface area (Å²) in [6, 6.07) is 13.6. The molecule has 0 unspecified atom stereocenters. The average Bonchev–Trinajstić information content (AvgIpc) is 2.49. The first kappa shape index (κ1) is 13.5.